The Hall–Kier alpha value is -1.23. The first kappa shape index (κ1) is 10.8. The van der Waals surface area contributed by atoms with Gasteiger partial charge >= 0.3 is 0 Å². The van der Waals surface area contributed by atoms with Gasteiger partial charge in [0.1, 0.15) is 4.99 Å². The van der Waals surface area contributed by atoms with Gasteiger partial charge in [-0.3, -0.25) is 0 Å². The molecule has 0 fully saturated rings. The summed E-state index contributed by atoms with van der Waals surface area (Å²) < 4.78 is 12.4. The number of hydroxylamine groups is 2. The van der Waals surface area contributed by atoms with Gasteiger partial charge in [0.15, 0.2) is 5.75 Å². The summed E-state index contributed by atoms with van der Waals surface area (Å²) in [4.78, 5) is 9.42. The Morgan fingerprint density at radius 1 is 1.64 bits per heavy atom. The topological polar surface area (TPSA) is 25.4 Å². The van der Waals surface area contributed by atoms with E-state index in [1.165, 1.54) is 23.4 Å². The van der Waals surface area contributed by atoms with Crippen LogP contribution in [-0.2, 0) is 0 Å². The highest BCUT2D eigenvalue weighted by molar-refractivity contribution is 7.80. The zero-order chi connectivity index (χ0) is 10.6. The van der Waals surface area contributed by atoms with Gasteiger partial charge in [-0.2, -0.15) is 4.39 Å². The van der Waals surface area contributed by atoms with E-state index in [0.29, 0.717) is 10.7 Å². The van der Waals surface area contributed by atoms with Crippen LogP contribution in [-0.4, -0.2) is 22.1 Å². The van der Waals surface area contributed by atoms with Crippen molar-refractivity contribution in [1.29, 1.82) is 0 Å². The SMILES string of the molecule is CCC(=S)N(C)Oc1ccc(F)nc1. The molecule has 14 heavy (non-hydrogen) atoms. The molecule has 0 saturated heterocycles. The number of rotatable bonds is 3. The lowest BCUT2D eigenvalue weighted by Crippen LogP contribution is -2.27. The van der Waals surface area contributed by atoms with Gasteiger partial charge in [0.05, 0.1) is 6.20 Å². The predicted octanol–water partition coefficient (Wildman–Crippen LogP) is 2.18. The maximum absolute atomic E-state index is 12.4. The van der Waals surface area contributed by atoms with Gasteiger partial charge in [0.25, 0.3) is 0 Å². The van der Waals surface area contributed by atoms with E-state index in [-0.39, 0.29) is 0 Å². The number of nitrogens with zero attached hydrogens (tertiary/aromatic N) is 2. The zero-order valence-electron chi connectivity index (χ0n) is 8.03. The Bertz CT molecular complexity index is 315. The average molecular weight is 214 g/mol. The van der Waals surface area contributed by atoms with E-state index in [2.05, 4.69) is 4.98 Å². The van der Waals surface area contributed by atoms with Crippen LogP contribution in [0.4, 0.5) is 4.39 Å². The Kier molecular flexibility index (Phi) is 3.76. The second kappa shape index (κ2) is 4.85. The monoisotopic (exact) mass is 214 g/mol. The van der Waals surface area contributed by atoms with Gasteiger partial charge in [-0.05, 0) is 18.6 Å². The van der Waals surface area contributed by atoms with Crippen LogP contribution in [0.1, 0.15) is 13.3 Å². The molecule has 3 nitrogen and oxygen atoms in total. The van der Waals surface area contributed by atoms with E-state index < -0.39 is 5.95 Å². The third-order valence-corrected chi connectivity index (χ3v) is 2.14. The molecule has 0 saturated carbocycles. The van der Waals surface area contributed by atoms with Crippen LogP contribution in [0.15, 0.2) is 18.3 Å². The predicted molar refractivity (Wildman–Crippen MR) is 55.5 cm³/mol. The summed E-state index contributed by atoms with van der Waals surface area (Å²) >= 11 is 5.01. The first-order chi connectivity index (χ1) is 6.63. The van der Waals surface area contributed by atoms with Crippen LogP contribution in [0.3, 0.4) is 0 Å². The summed E-state index contributed by atoms with van der Waals surface area (Å²) in [5.74, 6) is -0.0669. The van der Waals surface area contributed by atoms with Gasteiger partial charge in [-0.15, -0.1) is 0 Å². The Balaban J connectivity index is 2.60. The summed E-state index contributed by atoms with van der Waals surface area (Å²) in [7, 11) is 1.70. The third-order valence-electron chi connectivity index (χ3n) is 1.60. The highest BCUT2D eigenvalue weighted by Gasteiger charge is 2.04. The van der Waals surface area contributed by atoms with Gasteiger partial charge in [-0.1, -0.05) is 19.1 Å². The molecule has 0 aliphatic rings. The molecule has 76 valence electrons. The van der Waals surface area contributed by atoms with Crippen molar-refractivity contribution in [3.05, 3.63) is 24.3 Å². The molecular weight excluding hydrogens is 203 g/mol. The molecule has 1 rings (SSSR count). The summed E-state index contributed by atoms with van der Waals surface area (Å²) in [5, 5.41) is 1.46. The Morgan fingerprint density at radius 3 is 2.86 bits per heavy atom. The number of pyridine rings is 1. The van der Waals surface area contributed by atoms with E-state index in [1.54, 1.807) is 7.05 Å². The maximum atomic E-state index is 12.4. The molecule has 1 heterocycles. The molecule has 0 amide bonds. The first-order valence-electron chi connectivity index (χ1n) is 4.19. The van der Waals surface area contributed by atoms with Crippen LogP contribution in [0.25, 0.3) is 0 Å². The minimum absolute atomic E-state index is 0.463. The van der Waals surface area contributed by atoms with Crippen LogP contribution in [0.2, 0.25) is 0 Å². The van der Waals surface area contributed by atoms with Gasteiger partial charge in [0.2, 0.25) is 5.95 Å². The summed E-state index contributed by atoms with van der Waals surface area (Å²) in [5.41, 5.74) is 0. The molecule has 0 aromatic carbocycles. The fourth-order valence-corrected chi connectivity index (χ4v) is 0.885. The lowest BCUT2D eigenvalue weighted by molar-refractivity contribution is 0.0481. The fraction of sp³-hybridized carbons (Fsp3) is 0.333. The van der Waals surface area contributed by atoms with Gasteiger partial charge in [-0.25, -0.2) is 10.0 Å². The molecule has 0 aliphatic heterocycles. The van der Waals surface area contributed by atoms with Gasteiger partial charge in [0, 0.05) is 7.05 Å². The van der Waals surface area contributed by atoms with Crippen molar-refractivity contribution in [1.82, 2.24) is 10.0 Å². The first-order valence-corrected chi connectivity index (χ1v) is 4.60. The number of thiocarbonyl (C=S) groups is 1. The van der Waals surface area contributed by atoms with Crippen molar-refractivity contribution in [2.75, 3.05) is 7.05 Å². The average Bonchev–Trinajstić information content (AvgIpc) is 2.20. The Morgan fingerprint density at radius 2 is 2.36 bits per heavy atom. The lowest BCUT2D eigenvalue weighted by Gasteiger charge is -2.18. The molecule has 5 heteroatoms. The van der Waals surface area contributed by atoms with E-state index in [4.69, 9.17) is 17.1 Å². The molecule has 0 N–H and O–H groups in total. The number of halogens is 1. The largest absolute Gasteiger partial charge is 0.378 e. The quantitative estimate of drug-likeness (QED) is 0.437. The van der Waals surface area contributed by atoms with Crippen molar-refractivity contribution in [3.8, 4) is 5.75 Å². The van der Waals surface area contributed by atoms with E-state index in [0.717, 1.165) is 6.42 Å². The van der Waals surface area contributed by atoms with Gasteiger partial charge < -0.3 is 4.84 Å². The standard InChI is InChI=1S/C9H11FN2OS/c1-3-9(14)12(2)13-7-4-5-8(10)11-6-7/h4-6H,3H2,1-2H3. The fourth-order valence-electron chi connectivity index (χ4n) is 0.848. The molecule has 0 unspecified atom stereocenters. The van der Waals surface area contributed by atoms with Crippen LogP contribution in [0, 0.1) is 5.95 Å². The van der Waals surface area contributed by atoms with Crippen molar-refractivity contribution in [2.24, 2.45) is 0 Å². The van der Waals surface area contributed by atoms with Crippen LogP contribution in [0.5, 0.6) is 5.75 Å². The lowest BCUT2D eigenvalue weighted by atomic mass is 10.4. The smallest absolute Gasteiger partial charge is 0.213 e. The highest BCUT2D eigenvalue weighted by Crippen LogP contribution is 2.10. The molecule has 1 aromatic heterocycles. The van der Waals surface area contributed by atoms with E-state index >= 15 is 0 Å². The number of hydrogen-bond acceptors (Lipinski definition) is 3. The van der Waals surface area contributed by atoms with Crippen molar-refractivity contribution in [3.63, 3.8) is 0 Å². The zero-order valence-corrected chi connectivity index (χ0v) is 8.84. The van der Waals surface area contributed by atoms with Crippen LogP contribution < -0.4 is 4.84 Å². The molecule has 0 aliphatic carbocycles. The summed E-state index contributed by atoms with van der Waals surface area (Å²) in [6, 6.07) is 2.73. The highest BCUT2D eigenvalue weighted by atomic mass is 32.1. The Labute approximate surface area is 87.5 Å². The van der Waals surface area contributed by atoms with E-state index in [1.807, 2.05) is 6.92 Å². The molecular formula is C9H11FN2OS. The molecule has 0 spiro atoms. The van der Waals surface area contributed by atoms with E-state index in [9.17, 15) is 4.39 Å². The number of hydrogen-bond donors (Lipinski definition) is 0. The van der Waals surface area contributed by atoms with Crippen LogP contribution >= 0.6 is 12.2 Å². The summed E-state index contributed by atoms with van der Waals surface area (Å²) in [6.07, 6.45) is 2.03. The van der Waals surface area contributed by atoms with Crippen molar-refractivity contribution >= 4 is 17.2 Å². The third kappa shape index (κ3) is 2.92. The molecule has 0 radical (unpaired) electrons. The second-order valence-electron chi connectivity index (χ2n) is 2.65. The second-order valence-corrected chi connectivity index (χ2v) is 3.12. The minimum Gasteiger partial charge on any atom is -0.378 e. The molecule has 0 atom stereocenters. The molecule has 0 bridgehead atoms. The maximum Gasteiger partial charge on any atom is 0.213 e. The normalized spacial score (nSPS) is 9.64. The van der Waals surface area contributed by atoms with Crippen molar-refractivity contribution in [2.45, 2.75) is 13.3 Å². The number of aromatic nitrogens is 1. The molecule has 1 aromatic rings. The summed E-state index contributed by atoms with van der Waals surface area (Å²) in [6.45, 7) is 1.94. The minimum atomic E-state index is -0.530. The van der Waals surface area contributed by atoms with Crippen molar-refractivity contribution < 1.29 is 9.23 Å².